The second-order valence-electron chi connectivity index (χ2n) is 10.1. The number of piperidine rings is 1. The van der Waals surface area contributed by atoms with Gasteiger partial charge in [-0.3, -0.25) is 4.79 Å². The van der Waals surface area contributed by atoms with Gasteiger partial charge < -0.3 is 26.0 Å². The molecule has 1 saturated heterocycles. The predicted molar refractivity (Wildman–Crippen MR) is 146 cm³/mol. The smallest absolute Gasteiger partial charge is 0.328 e. The Labute approximate surface area is 222 Å². The molecule has 2 aliphatic heterocycles. The molecule has 3 aromatic rings. The normalized spacial score (nSPS) is 18.3. The van der Waals surface area contributed by atoms with E-state index in [1.165, 1.54) is 11.9 Å². The number of nitrogens with one attached hydrogen (secondary N) is 3. The number of nitrogens with zero attached hydrogens (tertiary/aromatic N) is 4. The van der Waals surface area contributed by atoms with Crippen molar-refractivity contribution < 1.29 is 14.7 Å². The Morgan fingerprint density at radius 1 is 1.16 bits per heavy atom. The number of benzene rings is 1. The van der Waals surface area contributed by atoms with Gasteiger partial charge in [-0.2, -0.15) is 0 Å². The minimum atomic E-state index is -1.05. The lowest BCUT2D eigenvalue weighted by Crippen LogP contribution is -2.47. The SMILES string of the molecule is O=C(NCC(Nc1ncnc2ccccc12)C(=O)O)C1CCCN(CCCc2ccc3c(n2)NCCC3)C1. The number of hydrogen-bond acceptors (Lipinski definition) is 8. The lowest BCUT2D eigenvalue weighted by Gasteiger charge is -2.32. The van der Waals surface area contributed by atoms with E-state index in [0.29, 0.717) is 12.4 Å². The molecule has 5 rings (SSSR count). The maximum absolute atomic E-state index is 13.0. The molecular weight excluding hydrogens is 482 g/mol. The molecule has 10 nitrogen and oxygen atoms in total. The Balaban J connectivity index is 1.10. The van der Waals surface area contributed by atoms with E-state index in [1.54, 1.807) is 0 Å². The predicted octanol–water partition coefficient (Wildman–Crippen LogP) is 2.71. The van der Waals surface area contributed by atoms with Crippen LogP contribution in [0.25, 0.3) is 10.9 Å². The number of anilines is 2. The summed E-state index contributed by atoms with van der Waals surface area (Å²) >= 11 is 0. The number of rotatable bonds is 10. The van der Waals surface area contributed by atoms with E-state index in [-0.39, 0.29) is 18.4 Å². The first-order valence-electron chi connectivity index (χ1n) is 13.5. The maximum atomic E-state index is 13.0. The van der Waals surface area contributed by atoms with Crippen molar-refractivity contribution in [1.29, 1.82) is 0 Å². The molecule has 4 N–H and O–H groups in total. The number of hydrogen-bond donors (Lipinski definition) is 4. The molecule has 1 amide bonds. The number of aromatic nitrogens is 3. The van der Waals surface area contributed by atoms with Crippen molar-refractivity contribution in [3.05, 3.63) is 54.0 Å². The lowest BCUT2D eigenvalue weighted by atomic mass is 9.96. The number of amides is 1. The van der Waals surface area contributed by atoms with E-state index in [0.717, 1.165) is 80.6 Å². The average molecular weight is 518 g/mol. The molecule has 10 heteroatoms. The summed E-state index contributed by atoms with van der Waals surface area (Å²) in [6, 6.07) is 10.7. The Morgan fingerprint density at radius 2 is 2.05 bits per heavy atom. The van der Waals surface area contributed by atoms with Crippen LogP contribution in [0.1, 0.15) is 36.9 Å². The van der Waals surface area contributed by atoms with Crippen molar-refractivity contribution in [3.8, 4) is 0 Å². The highest BCUT2D eigenvalue weighted by atomic mass is 16.4. The van der Waals surface area contributed by atoms with E-state index in [4.69, 9.17) is 4.98 Å². The summed E-state index contributed by atoms with van der Waals surface area (Å²) < 4.78 is 0. The molecule has 2 aliphatic rings. The van der Waals surface area contributed by atoms with E-state index < -0.39 is 12.0 Å². The maximum Gasteiger partial charge on any atom is 0.328 e. The Bertz CT molecular complexity index is 1280. The van der Waals surface area contributed by atoms with Crippen LogP contribution < -0.4 is 16.0 Å². The van der Waals surface area contributed by atoms with Crippen LogP contribution in [0.3, 0.4) is 0 Å². The van der Waals surface area contributed by atoms with Crippen LogP contribution in [-0.2, 0) is 22.4 Å². The first-order chi connectivity index (χ1) is 18.6. The van der Waals surface area contributed by atoms with Crippen LogP contribution in [0.4, 0.5) is 11.6 Å². The quantitative estimate of drug-likeness (QED) is 0.320. The molecular formula is C28H35N7O3. The van der Waals surface area contributed by atoms with Crippen molar-refractivity contribution in [1.82, 2.24) is 25.2 Å². The molecule has 38 heavy (non-hydrogen) atoms. The fraction of sp³-hybridized carbons (Fsp3) is 0.464. The Kier molecular flexibility index (Phi) is 8.28. The van der Waals surface area contributed by atoms with E-state index in [2.05, 4.69) is 43.0 Å². The largest absolute Gasteiger partial charge is 0.480 e. The van der Waals surface area contributed by atoms with Crippen LogP contribution >= 0.6 is 0 Å². The highest BCUT2D eigenvalue weighted by Gasteiger charge is 2.27. The van der Waals surface area contributed by atoms with E-state index in [9.17, 15) is 14.7 Å². The monoisotopic (exact) mass is 517 g/mol. The summed E-state index contributed by atoms with van der Waals surface area (Å²) in [6.07, 6.45) is 7.30. The summed E-state index contributed by atoms with van der Waals surface area (Å²) in [4.78, 5) is 40.4. The Hall–Kier alpha value is -3.79. The van der Waals surface area contributed by atoms with Crippen molar-refractivity contribution >= 4 is 34.4 Å². The van der Waals surface area contributed by atoms with Crippen LogP contribution in [0.15, 0.2) is 42.7 Å². The third kappa shape index (κ3) is 6.36. The van der Waals surface area contributed by atoms with Gasteiger partial charge in [0.15, 0.2) is 0 Å². The molecule has 2 aromatic heterocycles. The van der Waals surface area contributed by atoms with Gasteiger partial charge in [0, 0.05) is 30.7 Å². The number of fused-ring (bicyclic) bond motifs is 2. The molecule has 0 spiro atoms. The summed E-state index contributed by atoms with van der Waals surface area (Å²) in [6.45, 7) is 3.54. The van der Waals surface area contributed by atoms with Gasteiger partial charge in [-0.05, 0) is 75.4 Å². The first kappa shape index (κ1) is 25.8. The van der Waals surface area contributed by atoms with Gasteiger partial charge >= 0.3 is 5.97 Å². The molecule has 200 valence electrons. The standard InChI is InChI=1S/C28H35N7O3/c36-27(30-16-24(28(37)38)34-26-22-9-1-2-10-23(22)31-18-32-26)20-7-4-14-35(17-20)15-5-8-21-12-11-19-6-3-13-29-25(19)33-21/h1-2,9-12,18,20,24H,3-8,13-17H2,(H,29,33)(H,30,36)(H,37,38)(H,31,32,34). The number of carbonyl (C=O) groups excluding carboxylic acids is 1. The molecule has 4 heterocycles. The minimum absolute atomic E-state index is 0.0268. The van der Waals surface area contributed by atoms with Gasteiger partial charge in [-0.25, -0.2) is 19.7 Å². The van der Waals surface area contributed by atoms with Gasteiger partial charge in [0.2, 0.25) is 5.91 Å². The molecule has 0 saturated carbocycles. The van der Waals surface area contributed by atoms with Crippen LogP contribution in [0, 0.1) is 5.92 Å². The van der Waals surface area contributed by atoms with Crippen molar-refractivity contribution in [2.75, 3.05) is 43.4 Å². The molecule has 0 radical (unpaired) electrons. The molecule has 1 aromatic carbocycles. The second kappa shape index (κ2) is 12.2. The number of carboxylic acid groups (broad SMARTS) is 1. The average Bonchev–Trinajstić information content (AvgIpc) is 2.95. The van der Waals surface area contributed by atoms with Crippen LogP contribution in [-0.4, -0.2) is 75.6 Å². The zero-order valence-corrected chi connectivity index (χ0v) is 21.5. The van der Waals surface area contributed by atoms with Crippen LogP contribution in [0.5, 0.6) is 0 Å². The number of aryl methyl sites for hydroxylation is 2. The van der Waals surface area contributed by atoms with Crippen molar-refractivity contribution in [2.24, 2.45) is 5.92 Å². The molecule has 0 bridgehead atoms. The number of para-hydroxylation sites is 1. The van der Waals surface area contributed by atoms with Gasteiger partial charge in [0.05, 0.1) is 11.4 Å². The summed E-state index contributed by atoms with van der Waals surface area (Å²) in [5, 5.41) is 19.7. The zero-order valence-electron chi connectivity index (χ0n) is 21.5. The molecule has 1 fully saturated rings. The molecule has 2 atom stereocenters. The first-order valence-corrected chi connectivity index (χ1v) is 13.5. The van der Waals surface area contributed by atoms with Crippen molar-refractivity contribution in [2.45, 2.75) is 44.6 Å². The fourth-order valence-electron chi connectivity index (χ4n) is 5.30. The summed E-state index contributed by atoms with van der Waals surface area (Å²) in [5.74, 6) is 0.168. The van der Waals surface area contributed by atoms with E-state index >= 15 is 0 Å². The van der Waals surface area contributed by atoms with Gasteiger partial charge in [-0.1, -0.05) is 18.2 Å². The Morgan fingerprint density at radius 3 is 2.95 bits per heavy atom. The topological polar surface area (TPSA) is 132 Å². The highest BCUT2D eigenvalue weighted by Crippen LogP contribution is 2.22. The number of likely N-dealkylation sites (tertiary alicyclic amines) is 1. The van der Waals surface area contributed by atoms with Gasteiger partial charge in [0.1, 0.15) is 24.0 Å². The highest BCUT2D eigenvalue weighted by molar-refractivity contribution is 5.91. The molecule has 2 unspecified atom stereocenters. The third-order valence-electron chi connectivity index (χ3n) is 7.37. The second-order valence-corrected chi connectivity index (χ2v) is 10.1. The van der Waals surface area contributed by atoms with Gasteiger partial charge in [-0.15, -0.1) is 0 Å². The van der Waals surface area contributed by atoms with E-state index in [1.807, 2.05) is 24.3 Å². The molecule has 0 aliphatic carbocycles. The van der Waals surface area contributed by atoms with Gasteiger partial charge in [0.25, 0.3) is 0 Å². The summed E-state index contributed by atoms with van der Waals surface area (Å²) in [5.41, 5.74) is 3.13. The number of aliphatic carboxylic acids is 1. The number of pyridine rings is 1. The number of carboxylic acids is 1. The summed E-state index contributed by atoms with van der Waals surface area (Å²) in [7, 11) is 0. The fourth-order valence-corrected chi connectivity index (χ4v) is 5.30. The van der Waals surface area contributed by atoms with Crippen molar-refractivity contribution in [3.63, 3.8) is 0 Å². The number of carbonyl (C=O) groups is 2. The lowest BCUT2D eigenvalue weighted by molar-refractivity contribution is -0.138. The third-order valence-corrected chi connectivity index (χ3v) is 7.37. The zero-order chi connectivity index (χ0) is 26.3. The van der Waals surface area contributed by atoms with Crippen LogP contribution in [0.2, 0.25) is 0 Å². The minimum Gasteiger partial charge on any atom is -0.480 e.